The predicted molar refractivity (Wildman–Crippen MR) is 68.3 cm³/mol. The van der Waals surface area contributed by atoms with Crippen molar-refractivity contribution in [3.05, 3.63) is 17.0 Å². The van der Waals surface area contributed by atoms with Crippen molar-refractivity contribution in [3.8, 4) is 0 Å². The highest BCUT2D eigenvalue weighted by atomic mass is 16.5. The Morgan fingerprint density at radius 3 is 2.65 bits per heavy atom. The number of rotatable bonds is 3. The van der Waals surface area contributed by atoms with E-state index in [9.17, 15) is 0 Å². The average molecular weight is 237 g/mol. The van der Waals surface area contributed by atoms with Crippen molar-refractivity contribution < 1.29 is 4.74 Å². The minimum Gasteiger partial charge on any atom is -0.381 e. The van der Waals surface area contributed by atoms with E-state index in [0.717, 1.165) is 31.7 Å². The minimum absolute atomic E-state index is 0.392. The molecule has 1 aromatic heterocycles. The summed E-state index contributed by atoms with van der Waals surface area (Å²) in [7, 11) is 0. The summed E-state index contributed by atoms with van der Waals surface area (Å²) in [4.78, 5) is 0. The van der Waals surface area contributed by atoms with Gasteiger partial charge in [0.1, 0.15) is 0 Å². The molecule has 0 spiro atoms. The third kappa shape index (κ3) is 2.38. The van der Waals surface area contributed by atoms with Crippen molar-refractivity contribution in [2.75, 3.05) is 19.8 Å². The number of hydrogen-bond acceptors (Lipinski definition) is 3. The van der Waals surface area contributed by atoms with E-state index in [1.165, 1.54) is 11.3 Å². The number of hydrogen-bond donors (Lipinski definition) is 1. The van der Waals surface area contributed by atoms with Crippen LogP contribution in [0.5, 0.6) is 0 Å². The molecular formula is C13H23N3O. The number of aromatic nitrogens is 2. The standard InChI is InChI=1S/C13H23N3O/c1-9(8-14)13-10(2)15-16(11(13)3)12-4-6-17-7-5-12/h9,12H,4-8,14H2,1-3H3. The number of aryl methyl sites for hydroxylation is 1. The summed E-state index contributed by atoms with van der Waals surface area (Å²) in [5.74, 6) is 0.392. The second-order valence-corrected chi connectivity index (χ2v) is 5.01. The first-order valence-electron chi connectivity index (χ1n) is 6.48. The quantitative estimate of drug-likeness (QED) is 0.873. The smallest absolute Gasteiger partial charge is 0.0631 e. The second kappa shape index (κ2) is 5.19. The summed E-state index contributed by atoms with van der Waals surface area (Å²) >= 11 is 0. The summed E-state index contributed by atoms with van der Waals surface area (Å²) in [5, 5.41) is 4.71. The van der Waals surface area contributed by atoms with Crippen molar-refractivity contribution in [2.24, 2.45) is 5.73 Å². The van der Waals surface area contributed by atoms with E-state index in [0.29, 0.717) is 18.5 Å². The maximum atomic E-state index is 5.77. The normalized spacial score (nSPS) is 19.5. The molecule has 1 aromatic rings. The van der Waals surface area contributed by atoms with Gasteiger partial charge in [-0.2, -0.15) is 5.10 Å². The molecule has 96 valence electrons. The van der Waals surface area contributed by atoms with Crippen LogP contribution < -0.4 is 5.73 Å². The maximum absolute atomic E-state index is 5.77. The van der Waals surface area contributed by atoms with Gasteiger partial charge in [0, 0.05) is 18.9 Å². The molecular weight excluding hydrogens is 214 g/mol. The molecule has 4 nitrogen and oxygen atoms in total. The summed E-state index contributed by atoms with van der Waals surface area (Å²) in [6.07, 6.45) is 2.14. The minimum atomic E-state index is 0.392. The molecule has 2 rings (SSSR count). The monoisotopic (exact) mass is 237 g/mol. The lowest BCUT2D eigenvalue weighted by Crippen LogP contribution is -2.21. The third-order valence-electron chi connectivity index (χ3n) is 3.76. The van der Waals surface area contributed by atoms with E-state index in [4.69, 9.17) is 15.6 Å². The van der Waals surface area contributed by atoms with Gasteiger partial charge < -0.3 is 10.5 Å². The molecule has 0 saturated carbocycles. The van der Waals surface area contributed by atoms with Gasteiger partial charge in [0.25, 0.3) is 0 Å². The Hall–Kier alpha value is -0.870. The molecule has 1 aliphatic rings. The molecule has 1 aliphatic heterocycles. The van der Waals surface area contributed by atoms with Gasteiger partial charge in [-0.15, -0.1) is 0 Å². The molecule has 2 heterocycles. The van der Waals surface area contributed by atoms with Crippen LogP contribution in [0.25, 0.3) is 0 Å². The zero-order chi connectivity index (χ0) is 12.4. The van der Waals surface area contributed by atoms with Crippen LogP contribution >= 0.6 is 0 Å². The van der Waals surface area contributed by atoms with E-state index >= 15 is 0 Å². The largest absolute Gasteiger partial charge is 0.381 e. The highest BCUT2D eigenvalue weighted by Gasteiger charge is 2.22. The summed E-state index contributed by atoms with van der Waals surface area (Å²) < 4.78 is 7.60. The molecule has 4 heteroatoms. The van der Waals surface area contributed by atoms with E-state index in [-0.39, 0.29) is 0 Å². The number of nitrogens with two attached hydrogens (primary N) is 1. The lowest BCUT2D eigenvalue weighted by molar-refractivity contribution is 0.0655. The van der Waals surface area contributed by atoms with Crippen LogP contribution in [0.3, 0.4) is 0 Å². The van der Waals surface area contributed by atoms with Crippen molar-refractivity contribution in [1.29, 1.82) is 0 Å². The Bertz CT molecular complexity index is 380. The van der Waals surface area contributed by atoms with Gasteiger partial charge in [-0.05, 0) is 44.7 Å². The van der Waals surface area contributed by atoms with Gasteiger partial charge in [-0.1, -0.05) is 6.92 Å². The molecule has 2 N–H and O–H groups in total. The van der Waals surface area contributed by atoms with Crippen LogP contribution in [0.2, 0.25) is 0 Å². The van der Waals surface area contributed by atoms with Gasteiger partial charge >= 0.3 is 0 Å². The van der Waals surface area contributed by atoms with E-state index < -0.39 is 0 Å². The zero-order valence-electron chi connectivity index (χ0n) is 11.1. The molecule has 17 heavy (non-hydrogen) atoms. The summed E-state index contributed by atoms with van der Waals surface area (Å²) in [6, 6.07) is 0.501. The van der Waals surface area contributed by atoms with Crippen LogP contribution in [-0.4, -0.2) is 29.5 Å². The summed E-state index contributed by atoms with van der Waals surface area (Å²) in [6.45, 7) is 8.81. The van der Waals surface area contributed by atoms with Crippen LogP contribution in [0.15, 0.2) is 0 Å². The predicted octanol–water partition coefficient (Wildman–Crippen LogP) is 1.91. The fraction of sp³-hybridized carbons (Fsp3) is 0.769. The number of nitrogens with zero attached hydrogens (tertiary/aromatic N) is 2. The van der Waals surface area contributed by atoms with Crippen molar-refractivity contribution in [2.45, 2.75) is 45.6 Å². The van der Waals surface area contributed by atoms with Gasteiger partial charge in [0.2, 0.25) is 0 Å². The Labute approximate surface area is 103 Å². The molecule has 0 bridgehead atoms. The molecule has 0 aliphatic carbocycles. The first-order chi connectivity index (χ1) is 8.15. The maximum Gasteiger partial charge on any atom is 0.0631 e. The van der Waals surface area contributed by atoms with Gasteiger partial charge in [0.15, 0.2) is 0 Å². The van der Waals surface area contributed by atoms with Crippen molar-refractivity contribution in [3.63, 3.8) is 0 Å². The Kier molecular flexibility index (Phi) is 3.84. The summed E-state index contributed by atoms with van der Waals surface area (Å²) in [5.41, 5.74) is 9.52. The van der Waals surface area contributed by atoms with E-state index in [1.54, 1.807) is 0 Å². The van der Waals surface area contributed by atoms with E-state index in [2.05, 4.69) is 25.5 Å². The SMILES string of the molecule is Cc1nn(C2CCOCC2)c(C)c1C(C)CN. The van der Waals surface area contributed by atoms with Crippen LogP contribution in [0.4, 0.5) is 0 Å². The topological polar surface area (TPSA) is 53.1 Å². The molecule has 1 fully saturated rings. The third-order valence-corrected chi connectivity index (χ3v) is 3.76. The fourth-order valence-electron chi connectivity index (χ4n) is 2.79. The van der Waals surface area contributed by atoms with Crippen LogP contribution in [-0.2, 0) is 4.74 Å². The Morgan fingerprint density at radius 1 is 1.41 bits per heavy atom. The molecule has 1 atom stereocenters. The van der Waals surface area contributed by atoms with Gasteiger partial charge in [0.05, 0.1) is 11.7 Å². The van der Waals surface area contributed by atoms with E-state index in [1.807, 2.05) is 0 Å². The van der Waals surface area contributed by atoms with Crippen LogP contribution in [0, 0.1) is 13.8 Å². The molecule has 0 amide bonds. The second-order valence-electron chi connectivity index (χ2n) is 5.01. The zero-order valence-corrected chi connectivity index (χ0v) is 11.1. The highest BCUT2D eigenvalue weighted by Crippen LogP contribution is 2.28. The first kappa shape index (κ1) is 12.6. The van der Waals surface area contributed by atoms with Crippen molar-refractivity contribution >= 4 is 0 Å². The number of ether oxygens (including phenoxy) is 1. The van der Waals surface area contributed by atoms with Crippen LogP contribution in [0.1, 0.15) is 48.7 Å². The fourth-order valence-corrected chi connectivity index (χ4v) is 2.79. The lowest BCUT2D eigenvalue weighted by atomic mass is 9.99. The highest BCUT2D eigenvalue weighted by molar-refractivity contribution is 5.29. The van der Waals surface area contributed by atoms with Crippen molar-refractivity contribution in [1.82, 2.24) is 9.78 Å². The molecule has 0 radical (unpaired) electrons. The Morgan fingerprint density at radius 2 is 2.06 bits per heavy atom. The Balaban J connectivity index is 2.29. The van der Waals surface area contributed by atoms with Gasteiger partial charge in [-0.3, -0.25) is 4.68 Å². The lowest BCUT2D eigenvalue weighted by Gasteiger charge is -2.24. The first-order valence-corrected chi connectivity index (χ1v) is 6.48. The van der Waals surface area contributed by atoms with Gasteiger partial charge in [-0.25, -0.2) is 0 Å². The molecule has 1 unspecified atom stereocenters. The molecule has 0 aromatic carbocycles. The molecule has 1 saturated heterocycles. The average Bonchev–Trinajstić information content (AvgIpc) is 2.65.